The summed E-state index contributed by atoms with van der Waals surface area (Å²) in [5, 5.41) is 14.8. The number of ether oxygens (including phenoxy) is 2. The van der Waals surface area contributed by atoms with E-state index in [4.69, 9.17) is 44.0 Å². The van der Waals surface area contributed by atoms with Gasteiger partial charge in [-0.05, 0) is 236 Å². The van der Waals surface area contributed by atoms with Crippen molar-refractivity contribution in [2.45, 2.75) is 313 Å². The molecule has 7 heterocycles. The first-order chi connectivity index (χ1) is 66.7. The Morgan fingerprint density at radius 2 is 0.979 bits per heavy atom. The minimum atomic E-state index is -4.61. The molecule has 0 aliphatic heterocycles. The van der Waals surface area contributed by atoms with Gasteiger partial charge in [-0.2, -0.15) is 49.7 Å². The summed E-state index contributed by atoms with van der Waals surface area (Å²) in [5.41, 5.74) is 11.3. The number of benzene rings is 8. The third-order valence-electron chi connectivity index (χ3n) is 22.0. The van der Waals surface area contributed by atoms with Crippen LogP contribution in [0.2, 0.25) is 14.4 Å². The Labute approximate surface area is 863 Å². The van der Waals surface area contributed by atoms with E-state index in [1.807, 2.05) is 125 Å². The van der Waals surface area contributed by atoms with Crippen LogP contribution in [0.1, 0.15) is 359 Å². The van der Waals surface area contributed by atoms with Crippen LogP contribution in [0.3, 0.4) is 0 Å². The van der Waals surface area contributed by atoms with Gasteiger partial charge in [0.2, 0.25) is 5.76 Å². The van der Waals surface area contributed by atoms with Crippen molar-refractivity contribution >= 4 is 101 Å². The molecule has 29 heteroatoms. The molecule has 1 aliphatic rings. The summed E-state index contributed by atoms with van der Waals surface area (Å²) in [6.07, 6.45) is -6.42. The van der Waals surface area contributed by atoms with Crippen molar-refractivity contribution < 1.29 is 75.4 Å². The van der Waals surface area contributed by atoms with Crippen molar-refractivity contribution in [1.29, 1.82) is 0 Å². The van der Waals surface area contributed by atoms with Crippen LogP contribution in [0.15, 0.2) is 245 Å². The minimum absolute atomic E-state index is 0.0129. The second-order valence-corrected chi connectivity index (χ2v) is 43.4. The number of fused-ring (bicyclic) bond motifs is 3. The number of nitrogens with zero attached hydrogens (tertiary/aromatic N) is 6. The first-order valence-electron chi connectivity index (χ1n) is 48.0. The smallest absolute Gasteiger partial charge is 0.489 e. The monoisotopic (exact) mass is 2100 g/mol. The molecule has 7 aromatic heterocycles. The number of furan rings is 2. The quantitative estimate of drug-likeness (QED) is 0.0881. The third-order valence-corrected chi connectivity index (χ3v) is 26.3. The highest BCUT2D eigenvalue weighted by atomic mass is 35.5. The number of alkyl halides is 12. The number of aromatic nitrogens is 6. The molecular weight excluding hydrogens is 1970 g/mol. The largest absolute Gasteiger partial charge is 0.573 e. The molecule has 143 heavy (non-hydrogen) atoms. The lowest BCUT2D eigenvalue weighted by Gasteiger charge is -2.19. The SMILES string of the molecule is CC(C)c1cc2cc(Cl)ccc2o1.CC(C)c1ccc(C(C)(C)C)cc1.CC(C)c1ccc(C(F)(F)F)o1.CC(C)c1ccc(Cl)s1.CC(C)c1ccc(OC(F)(F)F)cc1.CC(C)c1ccc(OCc2ccc(F)cc2)cc1.CC(C)c1cccc(C(F)(F)F)c1.CC(C)c1csc(C(F)(F)F)n1.CC(C)c1nc2cc(Cl)ccc2s1.CC(C)n1cc2ccccc2n1.CC(C)n1ccc(C2CCCCC2)n1. The molecule has 0 N–H and O–H groups in total. The number of rotatable bonds is 16. The van der Waals surface area contributed by atoms with Gasteiger partial charge in [0.05, 0.1) is 42.0 Å². The fourth-order valence-electron chi connectivity index (χ4n) is 13.3. The maximum atomic E-state index is 12.7. The third kappa shape index (κ3) is 43.3. The van der Waals surface area contributed by atoms with E-state index in [0.29, 0.717) is 77.0 Å². The molecular formula is C114H138Cl3F13N6O4S3. The summed E-state index contributed by atoms with van der Waals surface area (Å²) in [6, 6.07) is 66.0. The lowest BCUT2D eigenvalue weighted by atomic mass is 9.86. The number of thiophene rings is 1. The number of hydrogen-bond donors (Lipinski definition) is 0. The van der Waals surface area contributed by atoms with E-state index in [0.717, 1.165) is 82.6 Å². The van der Waals surface area contributed by atoms with Crippen LogP contribution in [0, 0.1) is 5.82 Å². The van der Waals surface area contributed by atoms with Gasteiger partial charge in [0.1, 0.15) is 41.0 Å². The summed E-state index contributed by atoms with van der Waals surface area (Å²) in [5.74, 6) is 4.78. The molecule has 0 saturated heterocycles. The highest BCUT2D eigenvalue weighted by molar-refractivity contribution is 7.18. The number of thiazole rings is 2. The van der Waals surface area contributed by atoms with Crippen molar-refractivity contribution in [1.82, 2.24) is 29.5 Å². The molecule has 15 aromatic rings. The summed E-state index contributed by atoms with van der Waals surface area (Å²) < 4.78 is 182. The van der Waals surface area contributed by atoms with E-state index in [1.54, 1.807) is 66.9 Å². The molecule has 778 valence electrons. The zero-order chi connectivity index (χ0) is 107. The fraction of sp³-hybridized carbons (Fsp3) is 0.421. The van der Waals surface area contributed by atoms with E-state index < -0.39 is 41.2 Å². The van der Waals surface area contributed by atoms with Gasteiger partial charge in [-0.3, -0.25) is 9.36 Å². The van der Waals surface area contributed by atoms with Gasteiger partial charge in [-0.25, -0.2) is 14.4 Å². The molecule has 0 amide bonds. The van der Waals surface area contributed by atoms with Gasteiger partial charge in [-0.15, -0.1) is 47.2 Å². The van der Waals surface area contributed by atoms with E-state index in [2.05, 4.69) is 219 Å². The Kier molecular flexibility index (Phi) is 48.7. The number of hydrogen-bond acceptors (Lipinski definition) is 11. The predicted octanol–water partition coefficient (Wildman–Crippen LogP) is 40.8. The first kappa shape index (κ1) is 122. The summed E-state index contributed by atoms with van der Waals surface area (Å²) >= 11 is 21.5. The zero-order valence-corrected chi connectivity index (χ0v) is 91.0. The molecule has 0 radical (unpaired) electrons. The van der Waals surface area contributed by atoms with Crippen molar-refractivity contribution in [2.75, 3.05) is 0 Å². The summed E-state index contributed by atoms with van der Waals surface area (Å²) in [4.78, 5) is 9.34. The van der Waals surface area contributed by atoms with Crippen LogP contribution in [-0.4, -0.2) is 35.9 Å². The van der Waals surface area contributed by atoms with Crippen LogP contribution in [0.25, 0.3) is 32.1 Å². The molecule has 0 bridgehead atoms. The molecule has 8 aromatic carbocycles. The van der Waals surface area contributed by atoms with Crippen molar-refractivity contribution in [3.05, 3.63) is 339 Å². The summed E-state index contributed by atoms with van der Waals surface area (Å²) in [6.45, 7) is 52.3. The van der Waals surface area contributed by atoms with Crippen LogP contribution in [-0.2, 0) is 30.6 Å². The highest BCUT2D eigenvalue weighted by Crippen LogP contribution is 2.39. The van der Waals surface area contributed by atoms with Gasteiger partial charge in [0.15, 0.2) is 5.01 Å². The predicted molar refractivity (Wildman–Crippen MR) is 568 cm³/mol. The van der Waals surface area contributed by atoms with Crippen molar-refractivity contribution in [3.63, 3.8) is 0 Å². The highest BCUT2D eigenvalue weighted by Gasteiger charge is 2.37. The maximum Gasteiger partial charge on any atom is 0.573 e. The van der Waals surface area contributed by atoms with Gasteiger partial charge in [0.25, 0.3) is 0 Å². The Hall–Kier alpha value is -9.96. The average Bonchev–Trinajstić information content (AvgIpc) is 1.67. The second kappa shape index (κ2) is 57.2. The van der Waals surface area contributed by atoms with E-state index in [-0.39, 0.29) is 34.7 Å². The first-order valence-corrected chi connectivity index (χ1v) is 51.7. The van der Waals surface area contributed by atoms with Crippen molar-refractivity contribution in [2.24, 2.45) is 0 Å². The zero-order valence-electron chi connectivity index (χ0n) is 86.3. The molecule has 1 fully saturated rings. The molecule has 1 aliphatic carbocycles. The molecule has 1 saturated carbocycles. The van der Waals surface area contributed by atoms with Gasteiger partial charge in [-0.1, -0.05) is 297 Å². The number of halogens is 16. The summed E-state index contributed by atoms with van der Waals surface area (Å²) in [7, 11) is 0. The Bertz CT molecular complexity index is 5990. The maximum absolute atomic E-state index is 12.7. The lowest BCUT2D eigenvalue weighted by Crippen LogP contribution is -2.17. The molecule has 16 rings (SSSR count). The molecule has 0 spiro atoms. The van der Waals surface area contributed by atoms with Crippen LogP contribution >= 0.6 is 68.8 Å². The minimum Gasteiger partial charge on any atom is -0.489 e. The van der Waals surface area contributed by atoms with Crippen LogP contribution < -0.4 is 9.47 Å². The molecule has 10 nitrogen and oxygen atoms in total. The van der Waals surface area contributed by atoms with Crippen molar-refractivity contribution in [3.8, 4) is 11.5 Å². The normalized spacial score (nSPS) is 12.4. The molecule has 0 atom stereocenters. The second-order valence-electron chi connectivity index (χ2n) is 38.8. The molecule has 0 unspecified atom stereocenters. The Balaban J connectivity index is 0.000000241. The Morgan fingerprint density at radius 1 is 0.427 bits per heavy atom. The average molecular weight is 2110 g/mol. The van der Waals surface area contributed by atoms with Gasteiger partial charge >= 0.3 is 24.9 Å². The van der Waals surface area contributed by atoms with Crippen LogP contribution in [0.5, 0.6) is 11.5 Å². The topological polar surface area (TPSA) is 106 Å². The van der Waals surface area contributed by atoms with E-state index in [1.165, 1.54) is 122 Å². The Morgan fingerprint density at radius 3 is 1.43 bits per heavy atom. The standard InChI is InChI=1S/C16H17FO.C13H20.C12H20N2.C11H11ClO.C10H10ClNS.C10H11F3O.C10H11F3.C10H12N2.C8H9F3O.C7H9ClS.C7H8F3NS/c1-12(2)14-5-9-16(10-6-14)18-11-13-3-7-15(17)8-4-13;1-10(2)11-6-8-12(9-7-11)13(3,4)5;1-10(2)14-9-8-12(13-14)11-6-4-3-5-7-11;1-7(2)11-6-8-5-9(12)3-4-10(8)13-11;1-6(2)10-12-8-5-7(11)3-4-9(8)13-10;1-7(2)8-3-5-9(6-4-8)14-10(11,12)13;1-7(2)8-4-3-5-9(6-8)10(11,12)13;1-8(2)12-7-9-5-3-4-6-10(9)11-12;1-5(2)6-3-4-7(12-6)8(9,10)11;1-5(2)6-3-4-7(8)9-6;1-4(2)5-3-12-6(11-5)7(8,9)10/h3-10,12H,11H2,1-2H3;6-10H,1-5H3;8-11H,3-7H2,1-2H3;3-7H,1-2H3;3-6H,1-2H3;3-7H,1-2H3;3-7H,1-2H3;3-8H,1-2H3;3-5H,1-2H3;3-5H,1-2H3;3-4H,1-2H3. The van der Waals surface area contributed by atoms with Gasteiger partial charge < -0.3 is 18.3 Å². The van der Waals surface area contributed by atoms with Crippen LogP contribution in [0.4, 0.5) is 57.1 Å². The lowest BCUT2D eigenvalue weighted by molar-refractivity contribution is -0.274. The van der Waals surface area contributed by atoms with E-state index in [9.17, 15) is 57.1 Å². The van der Waals surface area contributed by atoms with Gasteiger partial charge in [0, 0.05) is 79.2 Å². The van der Waals surface area contributed by atoms with E-state index >= 15 is 0 Å². The fourth-order valence-corrected chi connectivity index (χ4v) is 16.5.